The van der Waals surface area contributed by atoms with Crippen molar-refractivity contribution in [2.24, 2.45) is 11.7 Å². The van der Waals surface area contributed by atoms with Gasteiger partial charge >= 0.3 is 0 Å². The Bertz CT molecular complexity index is 463. The summed E-state index contributed by atoms with van der Waals surface area (Å²) >= 11 is 0. The second-order valence-corrected chi connectivity index (χ2v) is 5.40. The van der Waals surface area contributed by atoms with Crippen LogP contribution in [0.3, 0.4) is 0 Å². The number of nitrogens with one attached hydrogen (secondary N) is 1. The van der Waals surface area contributed by atoms with E-state index in [2.05, 4.69) is 23.7 Å². The first-order chi connectivity index (χ1) is 9.97. The lowest BCUT2D eigenvalue weighted by Crippen LogP contribution is -2.31. The second-order valence-electron chi connectivity index (χ2n) is 5.40. The number of amidine groups is 1. The summed E-state index contributed by atoms with van der Waals surface area (Å²) in [4.78, 5) is 6.63. The van der Waals surface area contributed by atoms with E-state index in [0.29, 0.717) is 30.4 Å². The van der Waals surface area contributed by atoms with Crippen molar-refractivity contribution in [3.63, 3.8) is 0 Å². The molecule has 0 aromatic carbocycles. The highest BCUT2D eigenvalue weighted by molar-refractivity contribution is 5.76. The lowest BCUT2D eigenvalue weighted by Gasteiger charge is -2.24. The van der Waals surface area contributed by atoms with Crippen LogP contribution in [0, 0.1) is 11.3 Å². The fraction of sp³-hybridized carbons (Fsp3) is 0.600. The predicted molar refractivity (Wildman–Crippen MR) is 84.0 cm³/mol. The summed E-state index contributed by atoms with van der Waals surface area (Å²) in [5, 5.41) is 7.38. The molecule has 0 spiro atoms. The lowest BCUT2D eigenvalue weighted by atomic mass is 10.2. The minimum absolute atomic E-state index is 0.203. The van der Waals surface area contributed by atoms with Crippen LogP contribution in [0.5, 0.6) is 11.5 Å². The van der Waals surface area contributed by atoms with Crippen LogP contribution in [0.25, 0.3) is 0 Å². The molecule has 3 N–H and O–H groups in total. The van der Waals surface area contributed by atoms with Gasteiger partial charge in [0.2, 0.25) is 0 Å². The monoisotopic (exact) mass is 294 g/mol. The Hall–Kier alpha value is -1.82. The summed E-state index contributed by atoms with van der Waals surface area (Å²) in [6.07, 6.45) is 2.27. The van der Waals surface area contributed by atoms with Gasteiger partial charge in [-0.1, -0.05) is 13.8 Å². The molecule has 1 aromatic heterocycles. The molecular formula is C15H26N4O2. The van der Waals surface area contributed by atoms with E-state index in [9.17, 15) is 0 Å². The van der Waals surface area contributed by atoms with Crippen molar-refractivity contribution in [2.45, 2.75) is 26.8 Å². The molecule has 0 bridgehead atoms. The van der Waals surface area contributed by atoms with Crippen LogP contribution in [0.1, 0.15) is 26.0 Å². The summed E-state index contributed by atoms with van der Waals surface area (Å²) in [7, 11) is 3.23. The van der Waals surface area contributed by atoms with Crippen molar-refractivity contribution < 1.29 is 9.47 Å². The molecule has 0 aliphatic rings. The Morgan fingerprint density at radius 1 is 1.38 bits per heavy atom. The Morgan fingerprint density at radius 2 is 2.10 bits per heavy atom. The van der Waals surface area contributed by atoms with Gasteiger partial charge in [-0.15, -0.1) is 0 Å². The molecular weight excluding hydrogens is 268 g/mol. The van der Waals surface area contributed by atoms with Gasteiger partial charge < -0.3 is 15.2 Å². The smallest absolute Gasteiger partial charge is 0.183 e. The topological polar surface area (TPSA) is 84.5 Å². The highest BCUT2D eigenvalue weighted by Crippen LogP contribution is 2.29. The molecule has 118 valence electrons. The van der Waals surface area contributed by atoms with E-state index in [1.165, 1.54) is 0 Å². The summed E-state index contributed by atoms with van der Waals surface area (Å²) in [5.74, 6) is 2.07. The molecule has 1 rings (SSSR count). The zero-order chi connectivity index (χ0) is 15.8. The third-order valence-corrected chi connectivity index (χ3v) is 3.06. The highest BCUT2D eigenvalue weighted by atomic mass is 16.5. The van der Waals surface area contributed by atoms with Crippen LogP contribution in [0.15, 0.2) is 12.3 Å². The molecule has 21 heavy (non-hydrogen) atoms. The van der Waals surface area contributed by atoms with Gasteiger partial charge in [-0.05, 0) is 5.92 Å². The van der Waals surface area contributed by atoms with E-state index in [1.54, 1.807) is 26.5 Å². The molecule has 0 saturated heterocycles. The normalized spacial score (nSPS) is 11.0. The standard InChI is InChI=1S/C15H26N4O2/c1-11(2)9-19(8-6-14(16)17)10-12-15(21-4)13(20-3)5-7-18-12/h5,7,11H,6,8-10H2,1-4H3,(H3,16,17). The van der Waals surface area contributed by atoms with Crippen molar-refractivity contribution in [1.29, 1.82) is 5.41 Å². The fourth-order valence-electron chi connectivity index (χ4n) is 2.20. The van der Waals surface area contributed by atoms with Gasteiger partial charge in [0.1, 0.15) is 5.69 Å². The number of hydrogen-bond acceptors (Lipinski definition) is 5. The van der Waals surface area contributed by atoms with E-state index in [-0.39, 0.29) is 5.84 Å². The van der Waals surface area contributed by atoms with Gasteiger partial charge in [0.15, 0.2) is 11.5 Å². The number of aromatic nitrogens is 1. The number of ether oxygens (including phenoxy) is 2. The molecule has 1 heterocycles. The van der Waals surface area contributed by atoms with Crippen molar-refractivity contribution in [2.75, 3.05) is 27.3 Å². The first-order valence-electron chi connectivity index (χ1n) is 7.09. The van der Waals surface area contributed by atoms with E-state index < -0.39 is 0 Å². The minimum Gasteiger partial charge on any atom is -0.493 e. The maximum absolute atomic E-state index is 7.38. The third-order valence-electron chi connectivity index (χ3n) is 3.06. The SMILES string of the molecule is COc1ccnc(CN(CCC(=N)N)CC(C)C)c1OC. The van der Waals surface area contributed by atoms with Gasteiger partial charge in [-0.3, -0.25) is 15.3 Å². The zero-order valence-corrected chi connectivity index (χ0v) is 13.3. The van der Waals surface area contributed by atoms with Gasteiger partial charge in [0.25, 0.3) is 0 Å². The van der Waals surface area contributed by atoms with Crippen LogP contribution in [0.2, 0.25) is 0 Å². The van der Waals surface area contributed by atoms with Crippen LogP contribution in [-0.4, -0.2) is 43.0 Å². The molecule has 0 fully saturated rings. The summed E-state index contributed by atoms with van der Waals surface area (Å²) in [6.45, 7) is 6.62. The largest absolute Gasteiger partial charge is 0.493 e. The first-order valence-corrected chi connectivity index (χ1v) is 7.09. The van der Waals surface area contributed by atoms with E-state index >= 15 is 0 Å². The van der Waals surface area contributed by atoms with Gasteiger partial charge in [-0.25, -0.2) is 0 Å². The maximum Gasteiger partial charge on any atom is 0.183 e. The van der Waals surface area contributed by atoms with Crippen LogP contribution >= 0.6 is 0 Å². The number of hydrogen-bond donors (Lipinski definition) is 2. The Morgan fingerprint density at radius 3 is 2.62 bits per heavy atom. The molecule has 6 heteroatoms. The average Bonchev–Trinajstić information content (AvgIpc) is 2.43. The lowest BCUT2D eigenvalue weighted by molar-refractivity contribution is 0.234. The summed E-state index contributed by atoms with van der Waals surface area (Å²) < 4.78 is 10.7. The molecule has 0 atom stereocenters. The predicted octanol–water partition coefficient (Wildman–Crippen LogP) is 1.88. The van der Waals surface area contributed by atoms with Crippen molar-refractivity contribution in [3.8, 4) is 11.5 Å². The number of nitrogens with two attached hydrogens (primary N) is 1. The minimum atomic E-state index is 0.203. The third kappa shape index (κ3) is 5.59. The van der Waals surface area contributed by atoms with Crippen LogP contribution < -0.4 is 15.2 Å². The number of methoxy groups -OCH3 is 2. The first kappa shape index (κ1) is 17.2. The molecule has 0 saturated carbocycles. The number of rotatable bonds is 9. The van der Waals surface area contributed by atoms with E-state index in [0.717, 1.165) is 18.8 Å². The van der Waals surface area contributed by atoms with Crippen LogP contribution in [-0.2, 0) is 6.54 Å². The molecule has 0 aliphatic heterocycles. The second kappa shape index (κ2) is 8.46. The van der Waals surface area contributed by atoms with Crippen LogP contribution in [0.4, 0.5) is 0 Å². The molecule has 0 aliphatic carbocycles. The Balaban J connectivity index is 2.88. The van der Waals surface area contributed by atoms with Crippen molar-refractivity contribution in [3.05, 3.63) is 18.0 Å². The quantitative estimate of drug-likeness (QED) is 0.536. The van der Waals surface area contributed by atoms with Gasteiger partial charge in [0, 0.05) is 38.3 Å². The van der Waals surface area contributed by atoms with Gasteiger partial charge in [-0.2, -0.15) is 0 Å². The average molecular weight is 294 g/mol. The fourth-order valence-corrected chi connectivity index (χ4v) is 2.20. The van der Waals surface area contributed by atoms with Crippen molar-refractivity contribution in [1.82, 2.24) is 9.88 Å². The zero-order valence-electron chi connectivity index (χ0n) is 13.3. The molecule has 0 unspecified atom stereocenters. The highest BCUT2D eigenvalue weighted by Gasteiger charge is 2.16. The van der Waals surface area contributed by atoms with E-state index in [4.69, 9.17) is 20.6 Å². The van der Waals surface area contributed by atoms with E-state index in [1.807, 2.05) is 0 Å². The molecule has 0 amide bonds. The summed E-state index contributed by atoms with van der Waals surface area (Å²) in [5.41, 5.74) is 6.30. The van der Waals surface area contributed by atoms with Crippen molar-refractivity contribution >= 4 is 5.84 Å². The molecule has 6 nitrogen and oxygen atoms in total. The molecule has 1 aromatic rings. The van der Waals surface area contributed by atoms with Gasteiger partial charge in [0.05, 0.1) is 20.1 Å². The molecule has 0 radical (unpaired) electrons. The number of pyridine rings is 1. The number of nitrogens with zero attached hydrogens (tertiary/aromatic N) is 2. The Labute approximate surface area is 126 Å². The maximum atomic E-state index is 7.38. The summed E-state index contributed by atoms with van der Waals surface area (Å²) in [6, 6.07) is 1.78. The Kier molecular flexibility index (Phi) is 6.94.